The highest BCUT2D eigenvalue weighted by molar-refractivity contribution is 14.1. The summed E-state index contributed by atoms with van der Waals surface area (Å²) in [6.07, 6.45) is -0.441. The van der Waals surface area contributed by atoms with E-state index in [1.165, 1.54) is 4.90 Å². The van der Waals surface area contributed by atoms with Crippen molar-refractivity contribution in [2.45, 2.75) is 45.4 Å². The Morgan fingerprint density at radius 1 is 1.50 bits per heavy atom. The van der Waals surface area contributed by atoms with E-state index in [1.807, 2.05) is 22.6 Å². The average Bonchev–Trinajstić information content (AvgIpc) is 2.63. The van der Waals surface area contributed by atoms with Crippen LogP contribution in [0.2, 0.25) is 0 Å². The van der Waals surface area contributed by atoms with Crippen molar-refractivity contribution >= 4 is 34.7 Å². The fourth-order valence-electron chi connectivity index (χ4n) is 2.02. The van der Waals surface area contributed by atoms with Crippen molar-refractivity contribution in [2.24, 2.45) is 0 Å². The monoisotopic (exact) mass is 393 g/mol. The van der Waals surface area contributed by atoms with E-state index in [4.69, 9.17) is 4.74 Å². The summed E-state index contributed by atoms with van der Waals surface area (Å²) >= 11 is 2.02. The van der Waals surface area contributed by atoms with Gasteiger partial charge in [0.15, 0.2) is 3.83 Å². The number of imidazole rings is 1. The van der Waals surface area contributed by atoms with Gasteiger partial charge in [0.25, 0.3) is 0 Å². The number of H-pyrrole nitrogens is 1. The smallest absolute Gasteiger partial charge is 0.411 e. The summed E-state index contributed by atoms with van der Waals surface area (Å²) < 4.78 is 5.95. The molecule has 0 spiro atoms. The van der Waals surface area contributed by atoms with Gasteiger partial charge in [-0.1, -0.05) is 0 Å². The maximum absolute atomic E-state index is 12.1. The Kier molecular flexibility index (Phi) is 3.94. The first kappa shape index (κ1) is 15.1. The van der Waals surface area contributed by atoms with E-state index in [0.29, 0.717) is 9.53 Å². The number of aliphatic carboxylic acids is 1. The van der Waals surface area contributed by atoms with Crippen LogP contribution in [0.15, 0.2) is 0 Å². The number of nitrogens with zero attached hydrogens (tertiary/aromatic N) is 2. The van der Waals surface area contributed by atoms with Gasteiger partial charge in [0.1, 0.15) is 11.6 Å². The molecule has 20 heavy (non-hydrogen) atoms. The van der Waals surface area contributed by atoms with Gasteiger partial charge in [0.05, 0.1) is 17.9 Å². The normalized spacial score (nSPS) is 18.6. The molecule has 110 valence electrons. The van der Waals surface area contributed by atoms with Gasteiger partial charge in [0, 0.05) is 6.42 Å². The number of aromatic amines is 1. The Morgan fingerprint density at radius 2 is 2.15 bits per heavy atom. The van der Waals surface area contributed by atoms with Gasteiger partial charge in [-0.15, -0.1) is 0 Å². The molecule has 2 heterocycles. The lowest BCUT2D eigenvalue weighted by Crippen LogP contribution is -2.50. The second-order valence-corrected chi connectivity index (χ2v) is 6.64. The lowest BCUT2D eigenvalue weighted by atomic mass is 10.0. The standard InChI is InChI=1S/C12H16IN3O4/c1-12(2,3)20-11(19)16-5-7-6(14-10(13)15-7)4-8(16)9(17)18/h8H,4-5H2,1-3H3,(H,14,15)(H,17,18)/t8-/m1/s1. The van der Waals surface area contributed by atoms with Crippen molar-refractivity contribution in [1.82, 2.24) is 14.9 Å². The number of halogens is 1. The molecule has 1 aliphatic heterocycles. The summed E-state index contributed by atoms with van der Waals surface area (Å²) in [6.45, 7) is 5.40. The Labute approximate surface area is 129 Å². The third-order valence-electron chi connectivity index (χ3n) is 2.84. The van der Waals surface area contributed by atoms with Crippen LogP contribution in [-0.4, -0.2) is 43.7 Å². The van der Waals surface area contributed by atoms with Crippen LogP contribution in [0.1, 0.15) is 32.2 Å². The lowest BCUT2D eigenvalue weighted by molar-refractivity contribution is -0.143. The van der Waals surface area contributed by atoms with E-state index in [-0.39, 0.29) is 13.0 Å². The molecule has 0 saturated heterocycles. The first-order valence-electron chi connectivity index (χ1n) is 6.13. The highest BCUT2D eigenvalue weighted by atomic mass is 127. The fourth-order valence-corrected chi connectivity index (χ4v) is 2.63. The third kappa shape index (κ3) is 3.22. The molecule has 1 aliphatic rings. The summed E-state index contributed by atoms with van der Waals surface area (Å²) in [4.78, 5) is 32.0. The maximum Gasteiger partial charge on any atom is 0.411 e. The van der Waals surface area contributed by atoms with Crippen molar-refractivity contribution in [3.05, 3.63) is 15.2 Å². The second kappa shape index (κ2) is 5.23. The van der Waals surface area contributed by atoms with Crippen LogP contribution in [-0.2, 0) is 22.5 Å². The molecule has 0 aliphatic carbocycles. The molecule has 0 aromatic carbocycles. The molecule has 8 heteroatoms. The number of nitrogens with one attached hydrogen (secondary N) is 1. The molecule has 0 bridgehead atoms. The Bertz CT molecular complexity index is 549. The highest BCUT2D eigenvalue weighted by Crippen LogP contribution is 2.24. The van der Waals surface area contributed by atoms with Gasteiger partial charge in [-0.05, 0) is 43.4 Å². The number of rotatable bonds is 1. The number of ether oxygens (including phenoxy) is 1. The van der Waals surface area contributed by atoms with Gasteiger partial charge in [-0.2, -0.15) is 0 Å². The van der Waals surface area contributed by atoms with E-state index in [9.17, 15) is 14.7 Å². The van der Waals surface area contributed by atoms with Crippen LogP contribution in [0.3, 0.4) is 0 Å². The molecular weight excluding hydrogens is 377 g/mol. The quantitative estimate of drug-likeness (QED) is 0.709. The van der Waals surface area contributed by atoms with Crippen LogP contribution in [0.4, 0.5) is 4.79 Å². The predicted molar refractivity (Wildman–Crippen MR) is 78.2 cm³/mol. The molecule has 1 aromatic heterocycles. The summed E-state index contributed by atoms with van der Waals surface area (Å²) in [5, 5.41) is 9.30. The maximum atomic E-state index is 12.1. The van der Waals surface area contributed by atoms with E-state index >= 15 is 0 Å². The van der Waals surface area contributed by atoms with E-state index in [1.54, 1.807) is 20.8 Å². The number of carboxylic acids is 1. The number of amides is 1. The zero-order chi connectivity index (χ0) is 15.1. The molecule has 2 rings (SSSR count). The molecule has 7 nitrogen and oxygen atoms in total. The fraction of sp³-hybridized carbons (Fsp3) is 0.583. The number of hydrogen-bond acceptors (Lipinski definition) is 4. The Hall–Kier alpha value is -1.32. The summed E-state index contributed by atoms with van der Waals surface area (Å²) in [5.74, 6) is -1.06. The lowest BCUT2D eigenvalue weighted by Gasteiger charge is -2.33. The van der Waals surface area contributed by atoms with Crippen LogP contribution in [0, 0.1) is 3.83 Å². The predicted octanol–water partition coefficient (Wildman–Crippen LogP) is 1.76. The molecular formula is C12H16IN3O4. The first-order valence-corrected chi connectivity index (χ1v) is 7.21. The van der Waals surface area contributed by atoms with Crippen LogP contribution < -0.4 is 0 Å². The molecule has 2 N–H and O–H groups in total. The van der Waals surface area contributed by atoms with Crippen molar-refractivity contribution in [3.63, 3.8) is 0 Å². The molecule has 1 amide bonds. The number of carboxylic acid groups (broad SMARTS) is 1. The van der Waals surface area contributed by atoms with Gasteiger partial charge in [-0.25, -0.2) is 14.6 Å². The summed E-state index contributed by atoms with van der Waals surface area (Å²) in [6, 6.07) is -0.948. The van der Waals surface area contributed by atoms with Gasteiger partial charge in [0.2, 0.25) is 0 Å². The molecule has 0 fully saturated rings. The van der Waals surface area contributed by atoms with E-state index in [0.717, 1.165) is 5.69 Å². The van der Waals surface area contributed by atoms with Gasteiger partial charge < -0.3 is 14.8 Å². The minimum Gasteiger partial charge on any atom is -0.480 e. The Balaban J connectivity index is 2.26. The molecule has 0 unspecified atom stereocenters. The third-order valence-corrected chi connectivity index (χ3v) is 3.35. The van der Waals surface area contributed by atoms with Crippen LogP contribution >= 0.6 is 22.6 Å². The zero-order valence-corrected chi connectivity index (χ0v) is 13.6. The SMILES string of the molecule is CC(C)(C)OC(=O)N1Cc2[nH]c(I)nc2C[C@@H]1C(=O)O. The van der Waals surface area contributed by atoms with Crippen molar-refractivity contribution in [1.29, 1.82) is 0 Å². The first-order chi connectivity index (χ1) is 9.17. The molecule has 0 radical (unpaired) electrons. The topological polar surface area (TPSA) is 95.5 Å². The number of carbonyl (C=O) groups excluding carboxylic acids is 1. The second-order valence-electron chi connectivity index (χ2n) is 5.62. The van der Waals surface area contributed by atoms with Crippen LogP contribution in [0.25, 0.3) is 0 Å². The number of carbonyl (C=O) groups is 2. The Morgan fingerprint density at radius 3 is 2.70 bits per heavy atom. The molecule has 0 saturated carbocycles. The number of fused-ring (bicyclic) bond motifs is 1. The minimum atomic E-state index is -1.06. The van der Waals surface area contributed by atoms with Crippen molar-refractivity contribution < 1.29 is 19.4 Å². The van der Waals surface area contributed by atoms with Crippen LogP contribution in [0.5, 0.6) is 0 Å². The summed E-state index contributed by atoms with van der Waals surface area (Å²) in [5.41, 5.74) is 0.794. The highest BCUT2D eigenvalue weighted by Gasteiger charge is 2.38. The summed E-state index contributed by atoms with van der Waals surface area (Å²) in [7, 11) is 0. The van der Waals surface area contributed by atoms with E-state index < -0.39 is 23.7 Å². The molecule has 1 aromatic rings. The van der Waals surface area contributed by atoms with Gasteiger partial charge in [-0.3, -0.25) is 4.90 Å². The average molecular weight is 393 g/mol. The number of hydrogen-bond donors (Lipinski definition) is 2. The largest absolute Gasteiger partial charge is 0.480 e. The minimum absolute atomic E-state index is 0.164. The van der Waals surface area contributed by atoms with Crippen molar-refractivity contribution in [2.75, 3.05) is 0 Å². The number of aromatic nitrogens is 2. The van der Waals surface area contributed by atoms with Gasteiger partial charge >= 0.3 is 12.1 Å². The zero-order valence-electron chi connectivity index (χ0n) is 11.4. The van der Waals surface area contributed by atoms with Crippen molar-refractivity contribution in [3.8, 4) is 0 Å². The van der Waals surface area contributed by atoms with E-state index in [2.05, 4.69) is 9.97 Å². The molecule has 1 atom stereocenters.